The Bertz CT molecular complexity index is 580. The number of aromatic nitrogens is 2. The molecule has 2 aromatic rings. The zero-order valence-corrected chi connectivity index (χ0v) is 11.4. The fourth-order valence-electron chi connectivity index (χ4n) is 1.77. The first kappa shape index (κ1) is 13.5. The molecule has 4 nitrogen and oxygen atoms in total. The monoisotopic (exact) mass is 281 g/mol. The zero-order valence-electron chi connectivity index (χ0n) is 10.6. The Morgan fingerprint density at radius 3 is 2.84 bits per heavy atom. The van der Waals surface area contributed by atoms with Crippen LogP contribution in [0.5, 0.6) is 5.75 Å². The third-order valence-electron chi connectivity index (χ3n) is 2.66. The van der Waals surface area contributed by atoms with Crippen molar-refractivity contribution < 1.29 is 9.13 Å². The van der Waals surface area contributed by atoms with E-state index in [4.69, 9.17) is 16.3 Å². The first-order chi connectivity index (χ1) is 9.11. The average Bonchev–Trinajstić information content (AvgIpc) is 2.42. The van der Waals surface area contributed by atoms with Crippen molar-refractivity contribution in [1.29, 1.82) is 0 Å². The number of methoxy groups -OCH3 is 1. The summed E-state index contributed by atoms with van der Waals surface area (Å²) in [6.07, 6.45) is 1.06. The van der Waals surface area contributed by atoms with Crippen LogP contribution in [0.15, 0.2) is 30.5 Å². The highest BCUT2D eigenvalue weighted by Gasteiger charge is 2.13. The molecule has 0 bridgehead atoms. The molecule has 0 aliphatic rings. The van der Waals surface area contributed by atoms with E-state index in [2.05, 4.69) is 9.97 Å². The number of hydrogen-bond donors (Lipinski definition) is 0. The maximum Gasteiger partial charge on any atom is 0.224 e. The second-order valence-electron chi connectivity index (χ2n) is 3.98. The Labute approximate surface area is 115 Å². The van der Waals surface area contributed by atoms with Gasteiger partial charge in [0.15, 0.2) is 11.6 Å². The van der Waals surface area contributed by atoms with E-state index in [0.717, 1.165) is 17.5 Å². The minimum atomic E-state index is -0.512. The van der Waals surface area contributed by atoms with Crippen molar-refractivity contribution in [2.24, 2.45) is 0 Å². The second-order valence-corrected chi connectivity index (χ2v) is 4.32. The number of benzene rings is 1. The molecule has 0 unspecified atom stereocenters. The largest absolute Gasteiger partial charge is 0.496 e. The van der Waals surface area contributed by atoms with Gasteiger partial charge < -0.3 is 9.64 Å². The smallest absolute Gasteiger partial charge is 0.224 e. The normalized spacial score (nSPS) is 10.3. The van der Waals surface area contributed by atoms with Gasteiger partial charge in [0.2, 0.25) is 5.28 Å². The van der Waals surface area contributed by atoms with Crippen molar-refractivity contribution in [3.05, 3.63) is 47.1 Å². The van der Waals surface area contributed by atoms with Gasteiger partial charge in [-0.1, -0.05) is 18.2 Å². The lowest BCUT2D eigenvalue weighted by atomic mass is 10.2. The van der Waals surface area contributed by atoms with Gasteiger partial charge >= 0.3 is 0 Å². The first-order valence-electron chi connectivity index (χ1n) is 5.63. The topological polar surface area (TPSA) is 38.2 Å². The summed E-state index contributed by atoms with van der Waals surface area (Å²) >= 11 is 5.68. The van der Waals surface area contributed by atoms with Gasteiger partial charge in [-0.3, -0.25) is 0 Å². The number of hydrogen-bond acceptors (Lipinski definition) is 4. The highest BCUT2D eigenvalue weighted by Crippen LogP contribution is 2.23. The van der Waals surface area contributed by atoms with Gasteiger partial charge in [-0.25, -0.2) is 9.37 Å². The van der Waals surface area contributed by atoms with E-state index in [0.29, 0.717) is 6.54 Å². The Morgan fingerprint density at radius 1 is 1.37 bits per heavy atom. The van der Waals surface area contributed by atoms with E-state index in [9.17, 15) is 4.39 Å². The first-order valence-corrected chi connectivity index (χ1v) is 6.00. The molecular weight excluding hydrogens is 269 g/mol. The quantitative estimate of drug-likeness (QED) is 0.808. The lowest BCUT2D eigenvalue weighted by molar-refractivity contribution is 0.409. The zero-order chi connectivity index (χ0) is 13.8. The molecule has 0 atom stereocenters. The van der Waals surface area contributed by atoms with Gasteiger partial charge in [0.25, 0.3) is 0 Å². The summed E-state index contributed by atoms with van der Waals surface area (Å²) in [6.45, 7) is 0.453. The number of anilines is 1. The Hall–Kier alpha value is -1.88. The fraction of sp³-hybridized carbons (Fsp3) is 0.231. The van der Waals surface area contributed by atoms with Crippen LogP contribution in [0.1, 0.15) is 5.56 Å². The summed E-state index contributed by atoms with van der Waals surface area (Å²) in [5, 5.41) is 0.0169. The Balaban J connectivity index is 2.25. The summed E-state index contributed by atoms with van der Waals surface area (Å²) in [7, 11) is 3.33. The van der Waals surface area contributed by atoms with Crippen molar-refractivity contribution in [2.75, 3.05) is 19.1 Å². The molecule has 1 heterocycles. The second kappa shape index (κ2) is 5.84. The molecule has 1 aromatic heterocycles. The summed E-state index contributed by atoms with van der Waals surface area (Å²) in [4.78, 5) is 9.13. The number of halogens is 2. The molecular formula is C13H13ClFN3O. The van der Waals surface area contributed by atoms with E-state index in [1.807, 2.05) is 24.3 Å². The van der Waals surface area contributed by atoms with Gasteiger partial charge in [0, 0.05) is 19.2 Å². The fourth-order valence-corrected chi connectivity index (χ4v) is 1.90. The van der Waals surface area contributed by atoms with E-state index in [-0.39, 0.29) is 11.1 Å². The van der Waals surface area contributed by atoms with Gasteiger partial charge in [0.1, 0.15) is 5.75 Å². The molecule has 0 fully saturated rings. The van der Waals surface area contributed by atoms with Crippen molar-refractivity contribution in [3.8, 4) is 5.75 Å². The molecule has 0 amide bonds. The molecule has 1 aromatic carbocycles. The minimum Gasteiger partial charge on any atom is -0.496 e. The molecule has 0 radical (unpaired) electrons. The lowest BCUT2D eigenvalue weighted by Crippen LogP contribution is -2.20. The van der Waals surface area contributed by atoms with Crippen LogP contribution in [-0.2, 0) is 6.54 Å². The van der Waals surface area contributed by atoms with Crippen molar-refractivity contribution >= 4 is 17.4 Å². The van der Waals surface area contributed by atoms with E-state index >= 15 is 0 Å². The van der Waals surface area contributed by atoms with Gasteiger partial charge in [0.05, 0.1) is 13.3 Å². The molecule has 0 saturated heterocycles. The van der Waals surface area contributed by atoms with Crippen LogP contribution in [-0.4, -0.2) is 24.1 Å². The number of nitrogens with zero attached hydrogens (tertiary/aromatic N) is 3. The molecule has 0 aliphatic heterocycles. The number of rotatable bonds is 4. The molecule has 19 heavy (non-hydrogen) atoms. The van der Waals surface area contributed by atoms with Crippen molar-refractivity contribution in [2.45, 2.75) is 6.54 Å². The van der Waals surface area contributed by atoms with E-state index < -0.39 is 5.82 Å². The molecule has 0 spiro atoms. The Morgan fingerprint density at radius 2 is 2.11 bits per heavy atom. The van der Waals surface area contributed by atoms with Crippen LogP contribution in [0.2, 0.25) is 5.28 Å². The average molecular weight is 282 g/mol. The number of ether oxygens (including phenoxy) is 1. The summed E-state index contributed by atoms with van der Waals surface area (Å²) in [5.74, 6) is 0.391. The predicted molar refractivity (Wildman–Crippen MR) is 72.1 cm³/mol. The van der Waals surface area contributed by atoms with Gasteiger partial charge in [-0.15, -0.1) is 0 Å². The molecule has 0 N–H and O–H groups in total. The highest BCUT2D eigenvalue weighted by molar-refractivity contribution is 6.28. The molecule has 2 rings (SSSR count). The predicted octanol–water partition coefficient (Wildman–Crippen LogP) is 2.91. The third-order valence-corrected chi connectivity index (χ3v) is 2.84. The standard InChI is InChI=1S/C13H13ClFN3O/c1-18(12-10(15)7-16-13(14)17-12)8-9-5-3-4-6-11(9)19-2/h3-7H,8H2,1-2H3. The van der Waals surface area contributed by atoms with Crippen LogP contribution in [0, 0.1) is 5.82 Å². The third kappa shape index (κ3) is 3.12. The van der Waals surface area contributed by atoms with Crippen LogP contribution >= 0.6 is 11.6 Å². The SMILES string of the molecule is COc1ccccc1CN(C)c1nc(Cl)ncc1F. The summed E-state index contributed by atoms with van der Waals surface area (Å²) in [6, 6.07) is 7.54. The molecule has 6 heteroatoms. The molecule has 0 aliphatic carbocycles. The Kier molecular flexibility index (Phi) is 4.16. The van der Waals surface area contributed by atoms with Crippen molar-refractivity contribution in [3.63, 3.8) is 0 Å². The van der Waals surface area contributed by atoms with E-state index in [1.54, 1.807) is 19.1 Å². The van der Waals surface area contributed by atoms with E-state index in [1.165, 1.54) is 0 Å². The van der Waals surface area contributed by atoms with Crippen LogP contribution in [0.3, 0.4) is 0 Å². The maximum atomic E-state index is 13.6. The number of para-hydroxylation sites is 1. The molecule has 100 valence electrons. The highest BCUT2D eigenvalue weighted by atomic mass is 35.5. The van der Waals surface area contributed by atoms with Gasteiger partial charge in [-0.05, 0) is 17.7 Å². The maximum absolute atomic E-state index is 13.6. The van der Waals surface area contributed by atoms with Crippen LogP contribution in [0.25, 0.3) is 0 Å². The van der Waals surface area contributed by atoms with Crippen molar-refractivity contribution in [1.82, 2.24) is 9.97 Å². The summed E-state index contributed by atoms with van der Waals surface area (Å²) < 4.78 is 18.9. The van der Waals surface area contributed by atoms with Gasteiger partial charge in [-0.2, -0.15) is 4.98 Å². The van der Waals surface area contributed by atoms with Crippen LogP contribution < -0.4 is 9.64 Å². The summed E-state index contributed by atoms with van der Waals surface area (Å²) in [5.41, 5.74) is 0.932. The lowest BCUT2D eigenvalue weighted by Gasteiger charge is -2.19. The molecule has 0 saturated carbocycles. The minimum absolute atomic E-state index is 0.0169. The van der Waals surface area contributed by atoms with Crippen LogP contribution in [0.4, 0.5) is 10.2 Å².